The van der Waals surface area contributed by atoms with E-state index in [-0.39, 0.29) is 0 Å². The first-order valence-electron chi connectivity index (χ1n) is 6.13. The maximum atomic E-state index is 6.56. The Morgan fingerprint density at radius 1 is 0.929 bits per heavy atom. The van der Waals surface area contributed by atoms with Gasteiger partial charge in [0.15, 0.2) is 16.6 Å². The van der Waals surface area contributed by atoms with E-state index in [0.29, 0.717) is 0 Å². The van der Waals surface area contributed by atoms with E-state index in [0.717, 1.165) is 21.9 Å². The van der Waals surface area contributed by atoms with Crippen molar-refractivity contribution >= 4 is 16.6 Å². The summed E-state index contributed by atoms with van der Waals surface area (Å²) in [4.78, 5) is 0. The Labute approximate surface area is 88.5 Å². The minimum absolute atomic E-state index is 0.827. The molecule has 3 aliphatic carbocycles. The molecule has 3 saturated carbocycles. The van der Waals surface area contributed by atoms with Gasteiger partial charge in [-0.2, -0.15) is 0 Å². The third kappa shape index (κ3) is 0.456. The minimum atomic E-state index is -1.30. The Hall–Kier alpha value is 0.394. The Balaban J connectivity index is 1.90. The van der Waals surface area contributed by atoms with E-state index >= 15 is 0 Å². The van der Waals surface area contributed by atoms with Crippen molar-refractivity contribution in [3.63, 3.8) is 0 Å². The summed E-state index contributed by atoms with van der Waals surface area (Å²) in [6, 6.07) is 0. The second kappa shape index (κ2) is 1.74. The molecular formula is C11H20OSi2. The van der Waals surface area contributed by atoms with Crippen LogP contribution in [0, 0.1) is 11.8 Å². The molecule has 0 amide bonds. The highest BCUT2D eigenvalue weighted by Crippen LogP contribution is 3.15. The summed E-state index contributed by atoms with van der Waals surface area (Å²) in [5.74, 6) is 2.29. The number of hydrogen-bond donors (Lipinski definition) is 0. The Bertz CT molecular complexity index is 307. The van der Waals surface area contributed by atoms with Crippen molar-refractivity contribution in [1.29, 1.82) is 0 Å². The molecule has 4 aliphatic rings. The van der Waals surface area contributed by atoms with Crippen molar-refractivity contribution in [2.45, 2.75) is 55.5 Å². The molecule has 4 rings (SSSR count). The van der Waals surface area contributed by atoms with Crippen molar-refractivity contribution in [3.8, 4) is 0 Å². The van der Waals surface area contributed by atoms with Gasteiger partial charge in [-0.25, -0.2) is 0 Å². The van der Waals surface area contributed by atoms with E-state index in [1.54, 1.807) is 12.8 Å². The quantitative estimate of drug-likeness (QED) is 0.573. The third-order valence-electron chi connectivity index (χ3n) is 6.20. The molecular weight excluding hydrogens is 204 g/mol. The summed E-state index contributed by atoms with van der Waals surface area (Å²) in [7, 11) is -2.60. The van der Waals surface area contributed by atoms with Gasteiger partial charge in [0.25, 0.3) is 0 Å². The maximum absolute atomic E-state index is 6.56. The molecule has 0 aromatic rings. The molecule has 14 heavy (non-hydrogen) atoms. The van der Waals surface area contributed by atoms with Crippen LogP contribution in [0.1, 0.15) is 19.3 Å². The topological polar surface area (TPSA) is 9.23 Å². The van der Waals surface area contributed by atoms with Crippen LogP contribution in [-0.2, 0) is 4.12 Å². The Morgan fingerprint density at radius 2 is 1.36 bits per heavy atom. The molecule has 0 unspecified atom stereocenters. The van der Waals surface area contributed by atoms with Crippen LogP contribution in [0.25, 0.3) is 0 Å². The summed E-state index contributed by atoms with van der Waals surface area (Å²) >= 11 is 0. The van der Waals surface area contributed by atoms with Gasteiger partial charge in [-0.15, -0.1) is 0 Å². The van der Waals surface area contributed by atoms with E-state index in [1.165, 1.54) is 6.42 Å². The predicted molar refractivity (Wildman–Crippen MR) is 62.3 cm³/mol. The molecule has 0 N–H and O–H groups in total. The zero-order valence-corrected chi connectivity index (χ0v) is 11.7. The van der Waals surface area contributed by atoms with Crippen LogP contribution in [0.5, 0.6) is 0 Å². The highest BCUT2D eigenvalue weighted by molar-refractivity contribution is 6.99. The Morgan fingerprint density at radius 3 is 1.71 bits per heavy atom. The van der Waals surface area contributed by atoms with E-state index in [9.17, 15) is 0 Å². The highest BCUT2D eigenvalue weighted by Gasteiger charge is 3.08. The summed E-state index contributed by atoms with van der Waals surface area (Å²) in [5, 5.41) is 1.65. The van der Waals surface area contributed by atoms with E-state index in [2.05, 4.69) is 26.2 Å². The third-order valence-corrected chi connectivity index (χ3v) is 16.7. The Kier molecular flexibility index (Phi) is 1.06. The summed E-state index contributed by atoms with van der Waals surface area (Å²) in [6.45, 7) is 10.0. The lowest BCUT2D eigenvalue weighted by molar-refractivity contribution is 0.296. The van der Waals surface area contributed by atoms with Crippen LogP contribution < -0.4 is 0 Å². The molecule has 78 valence electrons. The largest absolute Gasteiger partial charge is 0.455 e. The molecule has 0 radical (unpaired) electrons. The van der Waals surface area contributed by atoms with Crippen molar-refractivity contribution in [3.05, 3.63) is 0 Å². The predicted octanol–water partition coefficient (Wildman–Crippen LogP) is 3.35. The van der Waals surface area contributed by atoms with Crippen molar-refractivity contribution in [2.24, 2.45) is 11.8 Å². The summed E-state index contributed by atoms with van der Waals surface area (Å²) in [5.41, 5.74) is 0. The van der Waals surface area contributed by atoms with Gasteiger partial charge in [-0.05, 0) is 50.9 Å². The first-order valence-corrected chi connectivity index (χ1v) is 11.9. The summed E-state index contributed by atoms with van der Waals surface area (Å²) < 4.78 is 6.56. The highest BCUT2D eigenvalue weighted by atomic mass is 28.4. The summed E-state index contributed by atoms with van der Waals surface area (Å²) in [6.07, 6.45) is 4.62. The maximum Gasteiger partial charge on any atom is 0.180 e. The lowest BCUT2D eigenvalue weighted by Crippen LogP contribution is -2.51. The standard InChI is InChI=1S/C11H20OSi2/c1-13(2)10-8-6-5-7-9(10)11(8,10)14(3,4)12-13/h8-9H,5-7H2,1-4H3. The van der Waals surface area contributed by atoms with Crippen molar-refractivity contribution < 1.29 is 4.12 Å². The second-order valence-electron chi connectivity index (χ2n) is 6.90. The lowest BCUT2D eigenvalue weighted by Gasteiger charge is -2.46. The normalized spacial score (nSPS) is 64.3. The van der Waals surface area contributed by atoms with Gasteiger partial charge in [-0.1, -0.05) is 6.42 Å². The molecule has 4 fully saturated rings. The molecule has 1 aliphatic heterocycles. The molecule has 0 aromatic heterocycles. The van der Waals surface area contributed by atoms with Gasteiger partial charge >= 0.3 is 0 Å². The molecule has 1 nitrogen and oxygen atoms in total. The van der Waals surface area contributed by atoms with E-state index in [1.807, 2.05) is 0 Å². The average Bonchev–Trinajstić information content (AvgIpc) is 2.84. The zero-order valence-electron chi connectivity index (χ0n) is 9.68. The molecule has 3 heteroatoms. The van der Waals surface area contributed by atoms with Gasteiger partial charge in [-0.3, -0.25) is 0 Å². The molecule has 1 saturated heterocycles. The molecule has 0 atom stereocenters. The average molecular weight is 224 g/mol. The minimum Gasteiger partial charge on any atom is -0.455 e. The van der Waals surface area contributed by atoms with Gasteiger partial charge in [0.1, 0.15) is 0 Å². The number of hydrogen-bond acceptors (Lipinski definition) is 1. The molecule has 0 aromatic carbocycles. The second-order valence-corrected chi connectivity index (χ2v) is 15.4. The monoisotopic (exact) mass is 224 g/mol. The molecule has 1 heterocycles. The SMILES string of the molecule is C[Si]1(C)O[Si](C)(C)C23C4CCCC2C431. The fourth-order valence-corrected chi connectivity index (χ4v) is 22.3. The van der Waals surface area contributed by atoms with Crippen LogP contribution in [0.4, 0.5) is 0 Å². The van der Waals surface area contributed by atoms with Crippen LogP contribution in [0.2, 0.25) is 36.3 Å². The van der Waals surface area contributed by atoms with Crippen molar-refractivity contribution in [2.75, 3.05) is 0 Å². The first-order chi connectivity index (χ1) is 6.43. The molecule has 0 bridgehead atoms. The zero-order chi connectivity index (χ0) is 9.98. The lowest BCUT2D eigenvalue weighted by atomic mass is 9.88. The van der Waals surface area contributed by atoms with Crippen LogP contribution in [-0.4, -0.2) is 16.6 Å². The number of rotatable bonds is 0. The van der Waals surface area contributed by atoms with Gasteiger partial charge in [0.2, 0.25) is 0 Å². The van der Waals surface area contributed by atoms with Crippen molar-refractivity contribution in [1.82, 2.24) is 0 Å². The van der Waals surface area contributed by atoms with Gasteiger partial charge in [0, 0.05) is 10.1 Å². The van der Waals surface area contributed by atoms with Crippen LogP contribution in [0.3, 0.4) is 0 Å². The smallest absolute Gasteiger partial charge is 0.180 e. The van der Waals surface area contributed by atoms with Gasteiger partial charge in [0.05, 0.1) is 0 Å². The van der Waals surface area contributed by atoms with E-state index < -0.39 is 16.6 Å². The molecule has 1 spiro atoms. The van der Waals surface area contributed by atoms with Gasteiger partial charge < -0.3 is 4.12 Å². The fourth-order valence-electron chi connectivity index (χ4n) is 6.51. The van der Waals surface area contributed by atoms with Crippen LogP contribution in [0.15, 0.2) is 0 Å². The fraction of sp³-hybridized carbons (Fsp3) is 1.00. The first kappa shape index (κ1) is 8.53. The van der Waals surface area contributed by atoms with Crippen LogP contribution >= 0.6 is 0 Å². The van der Waals surface area contributed by atoms with E-state index in [4.69, 9.17) is 4.12 Å².